The van der Waals surface area contributed by atoms with Crippen LogP contribution in [0.3, 0.4) is 0 Å². The third-order valence-electron chi connectivity index (χ3n) is 4.11. The summed E-state index contributed by atoms with van der Waals surface area (Å²) in [5, 5.41) is 19.9. The molecule has 3 rings (SSSR count). The lowest BCUT2D eigenvalue weighted by Crippen LogP contribution is -2.22. The highest BCUT2D eigenvalue weighted by molar-refractivity contribution is 6.31. The van der Waals surface area contributed by atoms with E-state index in [1.807, 2.05) is 37.3 Å². The van der Waals surface area contributed by atoms with Crippen LogP contribution in [0.4, 0.5) is 0 Å². The topological polar surface area (TPSA) is 75.1 Å². The molecule has 0 radical (unpaired) electrons. The zero-order chi connectivity index (χ0) is 19.9. The summed E-state index contributed by atoms with van der Waals surface area (Å²) in [6.45, 7) is 2.15. The molecule has 0 bridgehead atoms. The number of aromatic nitrogens is 2. The largest absolute Gasteiger partial charge is 0.480 e. The third kappa shape index (κ3) is 4.95. The van der Waals surface area contributed by atoms with Gasteiger partial charge in [0.25, 0.3) is 0 Å². The maximum absolute atomic E-state index is 10.5. The molecule has 3 aromatic rings. The van der Waals surface area contributed by atoms with Crippen LogP contribution in [-0.2, 0) is 11.3 Å². The first-order valence-electron chi connectivity index (χ1n) is 8.66. The van der Waals surface area contributed by atoms with Gasteiger partial charge < -0.3 is 10.4 Å². The number of carboxylic acid groups (broad SMARTS) is 1. The number of rotatable bonds is 5. The first-order valence-corrected chi connectivity index (χ1v) is 9.04. The van der Waals surface area contributed by atoms with Gasteiger partial charge in [-0.3, -0.25) is 4.79 Å². The minimum atomic E-state index is -0.936. The average Bonchev–Trinajstić information content (AvgIpc) is 2.69. The van der Waals surface area contributed by atoms with Crippen molar-refractivity contribution in [2.45, 2.75) is 13.5 Å². The van der Waals surface area contributed by atoms with Crippen molar-refractivity contribution in [3.05, 3.63) is 82.1 Å². The van der Waals surface area contributed by atoms with Crippen LogP contribution in [0.2, 0.25) is 5.02 Å². The second-order valence-electron chi connectivity index (χ2n) is 6.12. The van der Waals surface area contributed by atoms with Crippen LogP contribution < -0.4 is 5.32 Å². The van der Waals surface area contributed by atoms with E-state index in [1.165, 1.54) is 0 Å². The second kappa shape index (κ2) is 9.14. The fourth-order valence-electron chi connectivity index (χ4n) is 2.70. The van der Waals surface area contributed by atoms with Crippen molar-refractivity contribution in [1.29, 1.82) is 0 Å². The van der Waals surface area contributed by atoms with Crippen molar-refractivity contribution in [3.63, 3.8) is 0 Å². The molecule has 0 atom stereocenters. The lowest BCUT2D eigenvalue weighted by atomic mass is 9.97. The molecule has 0 aliphatic heterocycles. The van der Waals surface area contributed by atoms with Gasteiger partial charge in [-0.25, -0.2) is 0 Å². The maximum Gasteiger partial charge on any atom is 0.317 e. The summed E-state index contributed by atoms with van der Waals surface area (Å²) in [5.74, 6) is 5.17. The normalized spacial score (nSPS) is 10.2. The van der Waals surface area contributed by atoms with Gasteiger partial charge in [0.15, 0.2) is 5.69 Å². The molecule has 0 aliphatic rings. The van der Waals surface area contributed by atoms with Crippen LogP contribution >= 0.6 is 11.6 Å². The Kier molecular flexibility index (Phi) is 6.38. The van der Waals surface area contributed by atoms with Crippen molar-refractivity contribution >= 4 is 17.6 Å². The van der Waals surface area contributed by atoms with Gasteiger partial charge >= 0.3 is 5.97 Å². The summed E-state index contributed by atoms with van der Waals surface area (Å²) in [6.07, 6.45) is 0. The zero-order valence-corrected chi connectivity index (χ0v) is 16.0. The van der Waals surface area contributed by atoms with Gasteiger partial charge in [-0.05, 0) is 41.7 Å². The van der Waals surface area contributed by atoms with E-state index in [1.54, 1.807) is 6.07 Å². The highest BCUT2D eigenvalue weighted by atomic mass is 35.5. The van der Waals surface area contributed by atoms with Gasteiger partial charge in [-0.15, -0.1) is 5.10 Å². The van der Waals surface area contributed by atoms with Crippen molar-refractivity contribution < 1.29 is 9.90 Å². The molecule has 0 amide bonds. The van der Waals surface area contributed by atoms with Gasteiger partial charge in [0.1, 0.15) is 0 Å². The van der Waals surface area contributed by atoms with Crippen molar-refractivity contribution in [1.82, 2.24) is 15.5 Å². The van der Waals surface area contributed by atoms with Gasteiger partial charge in [-0.1, -0.05) is 60.0 Å². The van der Waals surface area contributed by atoms with E-state index in [4.69, 9.17) is 16.7 Å². The fourth-order valence-corrected chi connectivity index (χ4v) is 2.91. The Labute approximate surface area is 168 Å². The maximum atomic E-state index is 10.5. The predicted octanol–water partition coefficient (Wildman–Crippen LogP) is 3.68. The van der Waals surface area contributed by atoms with E-state index >= 15 is 0 Å². The molecule has 0 aliphatic carbocycles. The minimum Gasteiger partial charge on any atom is -0.480 e. The molecule has 5 nitrogen and oxygen atoms in total. The van der Waals surface area contributed by atoms with Crippen LogP contribution in [0.15, 0.2) is 54.6 Å². The number of halogens is 1. The van der Waals surface area contributed by atoms with E-state index < -0.39 is 5.97 Å². The Morgan fingerprint density at radius 3 is 2.61 bits per heavy atom. The summed E-state index contributed by atoms with van der Waals surface area (Å²) < 4.78 is 0. The Bertz CT molecular complexity index is 1060. The standard InChI is InChI=1S/C22H18ClN3O2/c1-15-16(8-5-9-19(15)17-6-3-2-4-7-17)10-11-21-20(23)12-18(25-26-21)13-24-14-22(27)28/h2-9,12,24H,13-14H2,1H3,(H,27,28). The molecular formula is C22H18ClN3O2. The molecule has 28 heavy (non-hydrogen) atoms. The summed E-state index contributed by atoms with van der Waals surface area (Å²) in [5.41, 5.74) is 5.18. The Balaban J connectivity index is 1.81. The highest BCUT2D eigenvalue weighted by Gasteiger charge is 2.06. The number of aliphatic carboxylic acids is 1. The molecule has 2 N–H and O–H groups in total. The van der Waals surface area contributed by atoms with Crippen LogP contribution in [0.5, 0.6) is 0 Å². The Morgan fingerprint density at radius 2 is 1.89 bits per heavy atom. The average molecular weight is 392 g/mol. The molecule has 0 saturated heterocycles. The monoisotopic (exact) mass is 391 g/mol. The third-order valence-corrected chi connectivity index (χ3v) is 4.40. The fraction of sp³-hybridized carbons (Fsp3) is 0.136. The van der Waals surface area contributed by atoms with Gasteiger partial charge in [-0.2, -0.15) is 5.10 Å². The molecule has 6 heteroatoms. The molecule has 0 saturated carbocycles. The first kappa shape index (κ1) is 19.6. The number of hydrogen-bond donors (Lipinski definition) is 2. The highest BCUT2D eigenvalue weighted by Crippen LogP contribution is 2.25. The summed E-state index contributed by atoms with van der Waals surface area (Å²) in [7, 11) is 0. The van der Waals surface area contributed by atoms with Gasteiger partial charge in [0.05, 0.1) is 17.3 Å². The van der Waals surface area contributed by atoms with Crippen molar-refractivity contribution in [2.75, 3.05) is 6.54 Å². The van der Waals surface area contributed by atoms with E-state index in [9.17, 15) is 4.79 Å². The Hall–Kier alpha value is -3.20. The molecule has 0 spiro atoms. The quantitative estimate of drug-likeness (QED) is 0.649. The number of nitrogens with zero attached hydrogens (tertiary/aromatic N) is 2. The number of carbonyl (C=O) groups is 1. The smallest absolute Gasteiger partial charge is 0.317 e. The molecule has 140 valence electrons. The van der Waals surface area contributed by atoms with Crippen LogP contribution in [0.25, 0.3) is 11.1 Å². The summed E-state index contributed by atoms with van der Waals surface area (Å²) in [6, 6.07) is 17.8. The first-order chi connectivity index (χ1) is 13.5. The summed E-state index contributed by atoms with van der Waals surface area (Å²) in [4.78, 5) is 10.5. The van der Waals surface area contributed by atoms with Gasteiger partial charge in [0.2, 0.25) is 0 Å². The van der Waals surface area contributed by atoms with E-state index in [2.05, 4.69) is 45.6 Å². The van der Waals surface area contributed by atoms with E-state index in [0.717, 1.165) is 22.3 Å². The zero-order valence-electron chi connectivity index (χ0n) is 15.2. The summed E-state index contributed by atoms with van der Waals surface area (Å²) >= 11 is 6.25. The Morgan fingerprint density at radius 1 is 1.11 bits per heavy atom. The second-order valence-corrected chi connectivity index (χ2v) is 6.53. The minimum absolute atomic E-state index is 0.155. The molecular weight excluding hydrogens is 374 g/mol. The predicted molar refractivity (Wildman–Crippen MR) is 109 cm³/mol. The SMILES string of the molecule is Cc1c(C#Cc2nnc(CNCC(=O)O)cc2Cl)cccc1-c1ccccc1. The molecule has 1 heterocycles. The number of benzene rings is 2. The number of hydrogen-bond acceptors (Lipinski definition) is 4. The molecule has 1 aromatic heterocycles. The van der Waals surface area contributed by atoms with Crippen molar-refractivity contribution in [2.24, 2.45) is 0 Å². The molecule has 0 fully saturated rings. The lowest BCUT2D eigenvalue weighted by molar-refractivity contribution is -0.136. The van der Waals surface area contributed by atoms with Crippen LogP contribution in [-0.4, -0.2) is 27.8 Å². The number of nitrogens with one attached hydrogen (secondary N) is 1. The van der Waals surface area contributed by atoms with Crippen LogP contribution in [0.1, 0.15) is 22.5 Å². The van der Waals surface area contributed by atoms with Crippen LogP contribution in [0, 0.1) is 18.8 Å². The van der Waals surface area contributed by atoms with Crippen molar-refractivity contribution in [3.8, 4) is 23.0 Å². The molecule has 2 aromatic carbocycles. The van der Waals surface area contributed by atoms with E-state index in [-0.39, 0.29) is 13.1 Å². The van der Waals surface area contributed by atoms with E-state index in [0.29, 0.717) is 16.4 Å². The van der Waals surface area contributed by atoms with Gasteiger partial charge in [0, 0.05) is 12.1 Å². The molecule has 0 unspecified atom stereocenters. The lowest BCUT2D eigenvalue weighted by Gasteiger charge is -2.07. The number of carboxylic acids is 1.